The maximum Gasteiger partial charge on any atom is 0.263 e. The molecule has 0 atom stereocenters. The van der Waals surface area contributed by atoms with Gasteiger partial charge in [0, 0.05) is 10.9 Å². The molecule has 2 aromatic carbocycles. The predicted molar refractivity (Wildman–Crippen MR) is 127 cm³/mol. The lowest BCUT2D eigenvalue weighted by molar-refractivity contribution is 0.414. The fourth-order valence-corrected chi connectivity index (χ4v) is 5.37. The molecule has 0 spiro atoms. The van der Waals surface area contributed by atoms with Gasteiger partial charge in [-0.3, -0.25) is 9.36 Å². The smallest absolute Gasteiger partial charge is 0.263 e. The van der Waals surface area contributed by atoms with Crippen molar-refractivity contribution in [1.82, 2.24) is 14.5 Å². The Labute approximate surface area is 191 Å². The van der Waals surface area contributed by atoms with E-state index in [4.69, 9.17) is 19.9 Å². The van der Waals surface area contributed by atoms with Gasteiger partial charge in [-0.25, -0.2) is 9.97 Å². The molecular weight excluding hydrogens is 440 g/mol. The molecule has 33 heavy (non-hydrogen) atoms. The topological polar surface area (TPSA) is 116 Å². The normalized spacial score (nSPS) is 13.7. The standard InChI is InChI=1S/C24H20N4O4S/c1-31-13-4-5-15(17(8-13)12-2-3-12)22-27-23-19(16-6-7-18(25)20(29)21(16)33-23)24(30)28(22)10-14-9-26-11-32-14/h4-9,11-12,29H,2-3,10,25H2,1H3. The van der Waals surface area contributed by atoms with E-state index in [0.29, 0.717) is 37.8 Å². The zero-order valence-corrected chi connectivity index (χ0v) is 18.6. The van der Waals surface area contributed by atoms with Crippen molar-refractivity contribution in [3.8, 4) is 22.9 Å². The van der Waals surface area contributed by atoms with Crippen LogP contribution in [0.25, 0.3) is 31.7 Å². The summed E-state index contributed by atoms with van der Waals surface area (Å²) in [5, 5.41) is 11.6. The number of hydrogen-bond acceptors (Lipinski definition) is 8. The Morgan fingerprint density at radius 1 is 1.30 bits per heavy atom. The van der Waals surface area contributed by atoms with Gasteiger partial charge in [-0.15, -0.1) is 11.3 Å². The maximum atomic E-state index is 13.9. The summed E-state index contributed by atoms with van der Waals surface area (Å²) in [7, 11) is 1.64. The molecule has 1 fully saturated rings. The highest BCUT2D eigenvalue weighted by Gasteiger charge is 2.29. The van der Waals surface area contributed by atoms with Crippen LogP contribution < -0.4 is 16.0 Å². The SMILES string of the molecule is COc1ccc(-c2nc3sc4c(O)c(N)ccc4c3c(=O)n2Cc2cnco2)c(C2CC2)c1. The number of ether oxygens (including phenoxy) is 1. The maximum absolute atomic E-state index is 13.9. The third-order valence-corrected chi connectivity index (χ3v) is 7.19. The second-order valence-electron chi connectivity index (χ2n) is 8.18. The number of aromatic hydroxyl groups is 1. The number of nitrogen functional groups attached to an aromatic ring is 1. The van der Waals surface area contributed by atoms with Gasteiger partial charge in [0.05, 0.1) is 35.6 Å². The molecular formula is C24H20N4O4S. The van der Waals surface area contributed by atoms with Crippen LogP contribution in [0, 0.1) is 0 Å². The summed E-state index contributed by atoms with van der Waals surface area (Å²) in [5.74, 6) is 2.25. The monoisotopic (exact) mass is 460 g/mol. The lowest BCUT2D eigenvalue weighted by Gasteiger charge is -2.15. The number of oxazole rings is 1. The molecule has 1 aliphatic rings. The Morgan fingerprint density at radius 3 is 2.88 bits per heavy atom. The van der Waals surface area contributed by atoms with E-state index in [2.05, 4.69) is 4.98 Å². The molecule has 3 N–H and O–H groups in total. The molecule has 9 heteroatoms. The van der Waals surface area contributed by atoms with Crippen LogP contribution in [0.4, 0.5) is 5.69 Å². The minimum absolute atomic E-state index is 0.0265. The molecule has 1 saturated carbocycles. The summed E-state index contributed by atoms with van der Waals surface area (Å²) < 4.78 is 13.1. The summed E-state index contributed by atoms with van der Waals surface area (Å²) in [6.07, 6.45) is 5.11. The van der Waals surface area contributed by atoms with E-state index in [1.165, 1.54) is 17.7 Å². The van der Waals surface area contributed by atoms with Gasteiger partial charge < -0.3 is 20.0 Å². The Hall–Kier alpha value is -3.85. The molecule has 1 aliphatic carbocycles. The van der Waals surface area contributed by atoms with Crippen molar-refractivity contribution in [1.29, 1.82) is 0 Å². The van der Waals surface area contributed by atoms with Crippen LogP contribution in [0.2, 0.25) is 0 Å². The summed E-state index contributed by atoms with van der Waals surface area (Å²) in [6, 6.07) is 9.23. The molecule has 3 aromatic heterocycles. The van der Waals surface area contributed by atoms with Crippen molar-refractivity contribution in [3.05, 3.63) is 64.6 Å². The van der Waals surface area contributed by atoms with Crippen LogP contribution >= 0.6 is 11.3 Å². The van der Waals surface area contributed by atoms with E-state index >= 15 is 0 Å². The van der Waals surface area contributed by atoms with Crippen LogP contribution in [0.3, 0.4) is 0 Å². The molecule has 3 heterocycles. The highest BCUT2D eigenvalue weighted by molar-refractivity contribution is 7.25. The number of phenols is 1. The van der Waals surface area contributed by atoms with Crippen LogP contribution in [-0.2, 0) is 6.54 Å². The van der Waals surface area contributed by atoms with Crippen molar-refractivity contribution >= 4 is 37.3 Å². The van der Waals surface area contributed by atoms with Gasteiger partial charge >= 0.3 is 0 Å². The highest BCUT2D eigenvalue weighted by atomic mass is 32.1. The molecule has 0 aliphatic heterocycles. The van der Waals surface area contributed by atoms with Crippen LogP contribution in [0.15, 0.2) is 52.1 Å². The Kier molecular flexibility index (Phi) is 4.41. The molecule has 0 radical (unpaired) electrons. The zero-order valence-electron chi connectivity index (χ0n) is 17.7. The number of rotatable bonds is 5. The van der Waals surface area contributed by atoms with Crippen LogP contribution in [0.5, 0.6) is 11.5 Å². The number of thiophene rings is 1. The molecule has 166 valence electrons. The fourth-order valence-electron chi connectivity index (χ4n) is 4.25. The lowest BCUT2D eigenvalue weighted by Crippen LogP contribution is -2.24. The Morgan fingerprint density at radius 2 is 2.15 bits per heavy atom. The van der Waals surface area contributed by atoms with Gasteiger partial charge in [-0.1, -0.05) is 6.07 Å². The number of benzene rings is 2. The first-order chi connectivity index (χ1) is 16.0. The number of nitrogens with zero attached hydrogens (tertiary/aromatic N) is 3. The first-order valence-corrected chi connectivity index (χ1v) is 11.4. The summed E-state index contributed by atoms with van der Waals surface area (Å²) >= 11 is 1.26. The molecule has 0 amide bonds. The second-order valence-corrected chi connectivity index (χ2v) is 9.18. The number of methoxy groups -OCH3 is 1. The van der Waals surface area contributed by atoms with E-state index in [9.17, 15) is 9.90 Å². The average molecular weight is 461 g/mol. The van der Waals surface area contributed by atoms with Crippen molar-refractivity contribution in [2.75, 3.05) is 12.8 Å². The zero-order chi connectivity index (χ0) is 22.7. The van der Waals surface area contributed by atoms with Gasteiger partial charge in [-0.05, 0) is 48.6 Å². The van der Waals surface area contributed by atoms with Crippen molar-refractivity contribution in [2.45, 2.75) is 25.3 Å². The first-order valence-electron chi connectivity index (χ1n) is 10.6. The highest BCUT2D eigenvalue weighted by Crippen LogP contribution is 2.46. The number of nitrogens with two attached hydrogens (primary N) is 1. The average Bonchev–Trinajstić information content (AvgIpc) is 3.41. The van der Waals surface area contributed by atoms with Gasteiger partial charge in [0.25, 0.3) is 5.56 Å². The Balaban J connectivity index is 1.68. The summed E-state index contributed by atoms with van der Waals surface area (Å²) in [4.78, 5) is 23.4. The third-order valence-electron chi connectivity index (χ3n) is 6.08. The number of fused-ring (bicyclic) bond motifs is 3. The lowest BCUT2D eigenvalue weighted by atomic mass is 10.0. The second kappa shape index (κ2) is 7.35. The summed E-state index contributed by atoms with van der Waals surface area (Å²) in [5.41, 5.74) is 7.95. The van der Waals surface area contributed by atoms with Gasteiger partial charge in [0.15, 0.2) is 12.1 Å². The number of anilines is 1. The molecule has 8 nitrogen and oxygen atoms in total. The van der Waals surface area contributed by atoms with Crippen molar-refractivity contribution in [2.24, 2.45) is 0 Å². The molecule has 0 saturated heterocycles. The van der Waals surface area contributed by atoms with Crippen molar-refractivity contribution in [3.63, 3.8) is 0 Å². The van der Waals surface area contributed by atoms with Gasteiger partial charge in [0.2, 0.25) is 0 Å². The van der Waals surface area contributed by atoms with Crippen molar-refractivity contribution < 1.29 is 14.3 Å². The molecule has 0 bridgehead atoms. The van der Waals surface area contributed by atoms with E-state index in [1.807, 2.05) is 18.2 Å². The number of aromatic nitrogens is 3. The van der Waals surface area contributed by atoms with Crippen LogP contribution in [0.1, 0.15) is 30.1 Å². The minimum Gasteiger partial charge on any atom is -0.504 e. The quantitative estimate of drug-likeness (QED) is 0.293. The minimum atomic E-state index is -0.209. The molecule has 6 rings (SSSR count). The van der Waals surface area contributed by atoms with Gasteiger partial charge in [-0.2, -0.15) is 0 Å². The van der Waals surface area contributed by atoms with E-state index in [1.54, 1.807) is 30.0 Å². The first kappa shape index (κ1) is 19.8. The third kappa shape index (κ3) is 3.15. The summed E-state index contributed by atoms with van der Waals surface area (Å²) in [6.45, 7) is 0.186. The van der Waals surface area contributed by atoms with E-state index in [0.717, 1.165) is 29.7 Å². The molecule has 5 aromatic rings. The predicted octanol–water partition coefficient (Wildman–Crippen LogP) is 4.49. The van der Waals surface area contributed by atoms with E-state index in [-0.39, 0.29) is 23.5 Å². The Bertz CT molecular complexity index is 1580. The fraction of sp³-hybridized carbons (Fsp3) is 0.208. The number of hydrogen-bond donors (Lipinski definition) is 2. The van der Waals surface area contributed by atoms with Crippen LogP contribution in [-0.4, -0.2) is 26.8 Å². The van der Waals surface area contributed by atoms with E-state index < -0.39 is 0 Å². The number of phenolic OH excluding ortho intramolecular Hbond substituents is 1. The largest absolute Gasteiger partial charge is 0.504 e. The molecule has 0 unspecified atom stereocenters. The van der Waals surface area contributed by atoms with Gasteiger partial charge in [0.1, 0.15) is 22.2 Å².